The van der Waals surface area contributed by atoms with Gasteiger partial charge in [-0.25, -0.2) is 0 Å². The van der Waals surface area contributed by atoms with Gasteiger partial charge in [0, 0.05) is 26.2 Å². The van der Waals surface area contributed by atoms with Crippen LogP contribution in [0.3, 0.4) is 0 Å². The van der Waals surface area contributed by atoms with Gasteiger partial charge in [-0.2, -0.15) is 0 Å². The smallest absolute Gasteiger partial charge is 0.236 e. The summed E-state index contributed by atoms with van der Waals surface area (Å²) < 4.78 is 0. The van der Waals surface area contributed by atoms with Crippen molar-refractivity contribution < 1.29 is 9.90 Å². The zero-order chi connectivity index (χ0) is 16.0. The highest BCUT2D eigenvalue weighted by Gasteiger charge is 2.33. The Morgan fingerprint density at radius 2 is 1.91 bits per heavy atom. The van der Waals surface area contributed by atoms with Crippen LogP contribution >= 0.6 is 0 Å². The molecule has 0 atom stereocenters. The summed E-state index contributed by atoms with van der Waals surface area (Å²) in [5.41, 5.74) is 1.26. The van der Waals surface area contributed by atoms with Crippen LogP contribution in [0.1, 0.15) is 31.7 Å². The standard InChI is InChI=1S/C18H28N2O2/c1-3-18(15-21)9-11-20(12-10-18)17(22)14-19(2)13-16-7-5-4-6-8-16/h4-8,21H,3,9-15H2,1-2H3. The lowest BCUT2D eigenvalue weighted by Gasteiger charge is -2.40. The molecule has 0 aromatic heterocycles. The third-order valence-electron chi connectivity index (χ3n) is 4.96. The number of likely N-dealkylation sites (tertiary alicyclic amines) is 1. The van der Waals surface area contributed by atoms with Crippen molar-refractivity contribution in [3.63, 3.8) is 0 Å². The highest BCUT2D eigenvalue weighted by molar-refractivity contribution is 5.78. The van der Waals surface area contributed by atoms with E-state index in [-0.39, 0.29) is 17.9 Å². The number of amides is 1. The van der Waals surface area contributed by atoms with Crippen LogP contribution in [0.4, 0.5) is 0 Å². The summed E-state index contributed by atoms with van der Waals surface area (Å²) in [6.07, 6.45) is 2.81. The second-order valence-corrected chi connectivity index (χ2v) is 6.55. The summed E-state index contributed by atoms with van der Waals surface area (Å²) in [7, 11) is 1.99. The summed E-state index contributed by atoms with van der Waals surface area (Å²) in [6, 6.07) is 10.2. The molecule has 0 saturated carbocycles. The number of rotatable bonds is 6. The van der Waals surface area contributed by atoms with Crippen molar-refractivity contribution >= 4 is 5.91 Å². The van der Waals surface area contributed by atoms with E-state index in [1.54, 1.807) is 0 Å². The molecule has 1 heterocycles. The molecule has 1 N–H and O–H groups in total. The molecule has 22 heavy (non-hydrogen) atoms. The molecule has 1 aromatic rings. The van der Waals surface area contributed by atoms with E-state index in [1.165, 1.54) is 5.56 Å². The number of hydrogen-bond donors (Lipinski definition) is 1. The van der Waals surface area contributed by atoms with Crippen molar-refractivity contribution in [2.24, 2.45) is 5.41 Å². The fourth-order valence-corrected chi connectivity index (χ4v) is 3.14. The third-order valence-corrected chi connectivity index (χ3v) is 4.96. The first-order valence-corrected chi connectivity index (χ1v) is 8.20. The van der Waals surface area contributed by atoms with Gasteiger partial charge in [-0.1, -0.05) is 37.3 Å². The highest BCUT2D eigenvalue weighted by atomic mass is 16.3. The first-order valence-electron chi connectivity index (χ1n) is 8.20. The average molecular weight is 304 g/mol. The van der Waals surface area contributed by atoms with Crippen molar-refractivity contribution in [3.05, 3.63) is 35.9 Å². The van der Waals surface area contributed by atoms with Crippen LogP contribution in [0.5, 0.6) is 0 Å². The summed E-state index contributed by atoms with van der Waals surface area (Å²) >= 11 is 0. The Balaban J connectivity index is 1.80. The molecule has 0 unspecified atom stereocenters. The second kappa shape index (κ2) is 7.75. The molecule has 1 aliphatic heterocycles. The SMILES string of the molecule is CCC1(CO)CCN(C(=O)CN(C)Cc2ccccc2)CC1. The quantitative estimate of drug-likeness (QED) is 0.875. The molecule has 4 nitrogen and oxygen atoms in total. The lowest BCUT2D eigenvalue weighted by atomic mass is 9.77. The first-order chi connectivity index (χ1) is 10.6. The molecule has 0 bridgehead atoms. The summed E-state index contributed by atoms with van der Waals surface area (Å²) in [5, 5.41) is 9.56. The van der Waals surface area contributed by atoms with Gasteiger partial charge in [0.05, 0.1) is 6.54 Å². The largest absolute Gasteiger partial charge is 0.396 e. The monoisotopic (exact) mass is 304 g/mol. The average Bonchev–Trinajstić information content (AvgIpc) is 2.55. The van der Waals surface area contributed by atoms with Crippen LogP contribution in [0.25, 0.3) is 0 Å². The molecule has 4 heteroatoms. The van der Waals surface area contributed by atoms with E-state index in [0.717, 1.165) is 38.9 Å². The zero-order valence-corrected chi connectivity index (χ0v) is 13.8. The van der Waals surface area contributed by atoms with E-state index in [4.69, 9.17) is 0 Å². The maximum Gasteiger partial charge on any atom is 0.236 e. The van der Waals surface area contributed by atoms with E-state index in [2.05, 4.69) is 24.0 Å². The minimum Gasteiger partial charge on any atom is -0.396 e. The number of hydrogen-bond acceptors (Lipinski definition) is 3. The lowest BCUT2D eigenvalue weighted by molar-refractivity contribution is -0.135. The third kappa shape index (κ3) is 4.31. The van der Waals surface area contributed by atoms with Crippen LogP contribution in [0, 0.1) is 5.41 Å². The van der Waals surface area contributed by atoms with Gasteiger partial charge in [-0.05, 0) is 37.3 Å². The van der Waals surface area contributed by atoms with Gasteiger partial charge in [0.1, 0.15) is 0 Å². The van der Waals surface area contributed by atoms with Gasteiger partial charge in [-0.3, -0.25) is 9.69 Å². The maximum atomic E-state index is 12.4. The Morgan fingerprint density at radius 3 is 2.45 bits per heavy atom. The summed E-state index contributed by atoms with van der Waals surface area (Å²) in [6.45, 7) is 5.14. The predicted molar refractivity (Wildman–Crippen MR) is 88.4 cm³/mol. The van der Waals surface area contributed by atoms with Crippen LogP contribution in [0.15, 0.2) is 30.3 Å². The second-order valence-electron chi connectivity index (χ2n) is 6.55. The van der Waals surface area contributed by atoms with Crippen LogP contribution < -0.4 is 0 Å². The Hall–Kier alpha value is -1.39. The Labute approximate surface area is 133 Å². The number of aliphatic hydroxyl groups is 1. The predicted octanol–water partition coefficient (Wildman–Crippen LogP) is 2.13. The van der Waals surface area contributed by atoms with Crippen molar-refractivity contribution in [2.75, 3.05) is 33.3 Å². The van der Waals surface area contributed by atoms with E-state index in [9.17, 15) is 9.90 Å². The minimum atomic E-state index is 0.0344. The minimum absolute atomic E-state index is 0.0344. The van der Waals surface area contributed by atoms with Crippen molar-refractivity contribution in [2.45, 2.75) is 32.7 Å². The number of carbonyl (C=O) groups excluding carboxylic acids is 1. The van der Waals surface area contributed by atoms with Crippen LogP contribution in [0.2, 0.25) is 0 Å². The molecule has 1 saturated heterocycles. The molecule has 1 amide bonds. The number of carbonyl (C=O) groups is 1. The topological polar surface area (TPSA) is 43.8 Å². The van der Waals surface area contributed by atoms with Gasteiger partial charge < -0.3 is 10.0 Å². The van der Waals surface area contributed by atoms with Gasteiger partial charge >= 0.3 is 0 Å². The van der Waals surface area contributed by atoms with Crippen molar-refractivity contribution in [3.8, 4) is 0 Å². The van der Waals surface area contributed by atoms with Crippen LogP contribution in [-0.2, 0) is 11.3 Å². The number of benzene rings is 1. The Morgan fingerprint density at radius 1 is 1.27 bits per heavy atom. The Bertz CT molecular complexity index is 461. The summed E-state index contributed by atoms with van der Waals surface area (Å²) in [4.78, 5) is 16.4. The zero-order valence-electron chi connectivity index (χ0n) is 13.8. The fraction of sp³-hybridized carbons (Fsp3) is 0.611. The van der Waals surface area contributed by atoms with E-state index < -0.39 is 0 Å². The molecule has 1 aliphatic rings. The molecule has 0 radical (unpaired) electrons. The molecule has 0 spiro atoms. The van der Waals surface area contributed by atoms with Crippen molar-refractivity contribution in [1.82, 2.24) is 9.80 Å². The van der Waals surface area contributed by atoms with Crippen molar-refractivity contribution in [1.29, 1.82) is 0 Å². The van der Waals surface area contributed by atoms with Gasteiger partial charge in [-0.15, -0.1) is 0 Å². The van der Waals surface area contributed by atoms with E-state index >= 15 is 0 Å². The normalized spacial score (nSPS) is 17.7. The number of likely N-dealkylation sites (N-methyl/N-ethyl adjacent to an activating group) is 1. The van der Waals surface area contributed by atoms with Crippen LogP contribution in [-0.4, -0.2) is 54.1 Å². The number of nitrogens with zero attached hydrogens (tertiary/aromatic N) is 2. The lowest BCUT2D eigenvalue weighted by Crippen LogP contribution is -2.47. The summed E-state index contributed by atoms with van der Waals surface area (Å²) in [5.74, 6) is 0.195. The molecular weight excluding hydrogens is 276 g/mol. The number of piperidine rings is 1. The van der Waals surface area contributed by atoms with Gasteiger partial charge in [0.25, 0.3) is 0 Å². The van der Waals surface area contributed by atoms with Gasteiger partial charge in [0.15, 0.2) is 0 Å². The molecule has 0 aliphatic carbocycles. The fourth-order valence-electron chi connectivity index (χ4n) is 3.14. The molecular formula is C18H28N2O2. The van der Waals surface area contributed by atoms with E-state index in [1.807, 2.05) is 30.1 Å². The molecule has 1 aromatic carbocycles. The van der Waals surface area contributed by atoms with E-state index in [0.29, 0.717) is 6.54 Å². The molecule has 1 fully saturated rings. The number of aliphatic hydroxyl groups excluding tert-OH is 1. The Kier molecular flexibility index (Phi) is 5.98. The molecule has 2 rings (SSSR count). The maximum absolute atomic E-state index is 12.4. The first kappa shape index (κ1) is 17.0. The molecule has 122 valence electrons. The highest BCUT2D eigenvalue weighted by Crippen LogP contribution is 2.34. The van der Waals surface area contributed by atoms with Gasteiger partial charge in [0.2, 0.25) is 5.91 Å².